The summed E-state index contributed by atoms with van der Waals surface area (Å²) in [5, 5.41) is 18.9. The van der Waals surface area contributed by atoms with Gasteiger partial charge in [0, 0.05) is 12.5 Å². The van der Waals surface area contributed by atoms with E-state index in [0.29, 0.717) is 12.1 Å². The van der Waals surface area contributed by atoms with Crippen LogP contribution >= 0.6 is 0 Å². The zero-order chi connectivity index (χ0) is 22.1. The van der Waals surface area contributed by atoms with Gasteiger partial charge in [0.05, 0.1) is 43.4 Å². The molecule has 2 aliphatic rings. The maximum Gasteiger partial charge on any atom is 0.242 e. The number of nitriles is 1. The lowest BCUT2D eigenvalue weighted by Gasteiger charge is -2.58. The van der Waals surface area contributed by atoms with Crippen molar-refractivity contribution in [2.75, 3.05) is 40.3 Å². The van der Waals surface area contributed by atoms with Crippen LogP contribution < -0.4 is 0 Å². The van der Waals surface area contributed by atoms with Gasteiger partial charge in [0.25, 0.3) is 0 Å². The molecule has 3 atom stereocenters. The maximum atomic E-state index is 12.7. The standard InChI is InChI=1S/C24H26N4O3/c1-26(2)13-22(30)27-12-20-24(21(15-29)28(20)23(31)14-27)19-9-7-18(8-10-19)17-5-3-16(11-25)4-6-17/h3-10,20-21,24,29H,12-15H2,1-2H3/t20-,21-,24+/m0/s1. The molecule has 0 aromatic heterocycles. The van der Waals surface area contributed by atoms with E-state index in [4.69, 9.17) is 5.26 Å². The van der Waals surface area contributed by atoms with Crippen molar-refractivity contribution in [3.8, 4) is 17.2 Å². The van der Waals surface area contributed by atoms with Crippen molar-refractivity contribution in [3.63, 3.8) is 0 Å². The molecule has 2 aromatic carbocycles. The Hall–Kier alpha value is -3.21. The predicted molar refractivity (Wildman–Crippen MR) is 116 cm³/mol. The lowest BCUT2D eigenvalue weighted by Crippen LogP contribution is -2.73. The third-order valence-electron chi connectivity index (χ3n) is 6.20. The Morgan fingerprint density at radius 1 is 1.13 bits per heavy atom. The second-order valence-corrected chi connectivity index (χ2v) is 8.47. The van der Waals surface area contributed by atoms with Crippen molar-refractivity contribution in [1.29, 1.82) is 5.26 Å². The SMILES string of the molecule is CN(C)CC(=O)N1CC(=O)N2[C@@H](CO)[C@H](c3ccc(-c4ccc(C#N)cc4)cc3)[C@@H]2C1. The molecule has 0 unspecified atom stereocenters. The number of hydrogen-bond donors (Lipinski definition) is 1. The first kappa shape index (κ1) is 21.0. The van der Waals surface area contributed by atoms with Gasteiger partial charge in [-0.05, 0) is 42.9 Å². The molecule has 31 heavy (non-hydrogen) atoms. The monoisotopic (exact) mass is 418 g/mol. The van der Waals surface area contributed by atoms with Crippen LogP contribution in [0.25, 0.3) is 11.1 Å². The zero-order valence-electron chi connectivity index (χ0n) is 17.7. The lowest BCUT2D eigenvalue weighted by atomic mass is 9.73. The van der Waals surface area contributed by atoms with Gasteiger partial charge in [-0.15, -0.1) is 0 Å². The average molecular weight is 418 g/mol. The van der Waals surface area contributed by atoms with E-state index in [9.17, 15) is 14.7 Å². The maximum absolute atomic E-state index is 12.7. The molecule has 4 rings (SSSR count). The van der Waals surface area contributed by atoms with E-state index in [1.54, 1.807) is 26.8 Å². The summed E-state index contributed by atoms with van der Waals surface area (Å²) in [4.78, 5) is 30.4. The zero-order valence-corrected chi connectivity index (χ0v) is 17.7. The molecule has 1 N–H and O–H groups in total. The second-order valence-electron chi connectivity index (χ2n) is 8.47. The molecule has 2 aromatic rings. The van der Waals surface area contributed by atoms with Crippen molar-refractivity contribution >= 4 is 11.8 Å². The Morgan fingerprint density at radius 3 is 2.29 bits per heavy atom. The number of carbonyl (C=O) groups excluding carboxylic acids is 2. The molecule has 7 nitrogen and oxygen atoms in total. The average Bonchev–Trinajstić information content (AvgIpc) is 2.75. The van der Waals surface area contributed by atoms with Crippen LogP contribution in [0.15, 0.2) is 48.5 Å². The minimum Gasteiger partial charge on any atom is -0.394 e. The highest BCUT2D eigenvalue weighted by Crippen LogP contribution is 2.43. The molecular weight excluding hydrogens is 392 g/mol. The number of carbonyl (C=O) groups is 2. The minimum atomic E-state index is -0.260. The number of hydrogen-bond acceptors (Lipinski definition) is 5. The van der Waals surface area contributed by atoms with Crippen LogP contribution in [0.5, 0.6) is 0 Å². The van der Waals surface area contributed by atoms with Gasteiger partial charge in [-0.1, -0.05) is 36.4 Å². The largest absolute Gasteiger partial charge is 0.394 e. The quantitative estimate of drug-likeness (QED) is 0.791. The van der Waals surface area contributed by atoms with E-state index in [1.165, 1.54) is 0 Å². The molecule has 2 fully saturated rings. The number of rotatable bonds is 5. The Balaban J connectivity index is 1.54. The number of aliphatic hydroxyl groups is 1. The van der Waals surface area contributed by atoms with E-state index in [1.807, 2.05) is 50.5 Å². The van der Waals surface area contributed by atoms with Crippen LogP contribution in [-0.2, 0) is 9.59 Å². The number of fused-ring (bicyclic) bond motifs is 1. The second kappa shape index (κ2) is 8.50. The molecule has 0 spiro atoms. The highest BCUT2D eigenvalue weighted by molar-refractivity contribution is 5.88. The molecule has 2 heterocycles. The molecule has 0 bridgehead atoms. The molecule has 0 aliphatic carbocycles. The van der Waals surface area contributed by atoms with Gasteiger partial charge in [-0.25, -0.2) is 0 Å². The third-order valence-corrected chi connectivity index (χ3v) is 6.20. The summed E-state index contributed by atoms with van der Waals surface area (Å²) < 4.78 is 0. The van der Waals surface area contributed by atoms with Crippen LogP contribution in [0.1, 0.15) is 17.0 Å². The van der Waals surface area contributed by atoms with Crippen molar-refractivity contribution in [2.24, 2.45) is 0 Å². The predicted octanol–water partition coefficient (Wildman–Crippen LogP) is 1.28. The normalized spacial score (nSPS) is 22.7. The van der Waals surface area contributed by atoms with Gasteiger partial charge in [-0.2, -0.15) is 5.26 Å². The minimum absolute atomic E-state index is 0.0149. The van der Waals surface area contributed by atoms with Crippen LogP contribution in [0.3, 0.4) is 0 Å². The number of aliphatic hydroxyl groups excluding tert-OH is 1. The van der Waals surface area contributed by atoms with E-state index in [-0.39, 0.29) is 49.5 Å². The Bertz CT molecular complexity index is 1010. The molecule has 0 radical (unpaired) electrons. The van der Waals surface area contributed by atoms with Crippen molar-refractivity contribution < 1.29 is 14.7 Å². The lowest BCUT2D eigenvalue weighted by molar-refractivity contribution is -0.167. The van der Waals surface area contributed by atoms with Gasteiger partial charge < -0.3 is 19.8 Å². The van der Waals surface area contributed by atoms with Crippen LogP contribution in [0, 0.1) is 11.3 Å². The number of likely N-dealkylation sites (N-methyl/N-ethyl adjacent to an activating group) is 1. The van der Waals surface area contributed by atoms with Crippen molar-refractivity contribution in [3.05, 3.63) is 59.7 Å². The molecular formula is C24H26N4O3. The first-order valence-electron chi connectivity index (χ1n) is 10.4. The van der Waals surface area contributed by atoms with E-state index >= 15 is 0 Å². The first-order valence-corrected chi connectivity index (χ1v) is 10.4. The summed E-state index contributed by atoms with van der Waals surface area (Å²) in [6.45, 7) is 0.726. The summed E-state index contributed by atoms with van der Waals surface area (Å²) >= 11 is 0. The summed E-state index contributed by atoms with van der Waals surface area (Å²) in [6.07, 6.45) is 0. The van der Waals surface area contributed by atoms with E-state index in [2.05, 4.69) is 6.07 Å². The highest BCUT2D eigenvalue weighted by Gasteiger charge is 2.54. The number of benzene rings is 2. The molecule has 2 saturated heterocycles. The molecule has 2 aliphatic heterocycles. The molecule has 2 amide bonds. The summed E-state index contributed by atoms with van der Waals surface area (Å²) in [7, 11) is 3.67. The molecule has 0 saturated carbocycles. The van der Waals surface area contributed by atoms with Gasteiger partial charge in [0.1, 0.15) is 0 Å². The van der Waals surface area contributed by atoms with Crippen LogP contribution in [-0.4, -0.2) is 84.0 Å². The van der Waals surface area contributed by atoms with E-state index < -0.39 is 0 Å². The van der Waals surface area contributed by atoms with Gasteiger partial charge >= 0.3 is 0 Å². The summed E-state index contributed by atoms with van der Waals surface area (Å²) in [5.41, 5.74) is 3.73. The first-order chi connectivity index (χ1) is 14.9. The topological polar surface area (TPSA) is 87.9 Å². The van der Waals surface area contributed by atoms with Crippen molar-refractivity contribution in [1.82, 2.24) is 14.7 Å². The number of amides is 2. The number of nitrogens with zero attached hydrogens (tertiary/aromatic N) is 4. The Morgan fingerprint density at radius 2 is 1.74 bits per heavy atom. The fourth-order valence-corrected chi connectivity index (χ4v) is 4.69. The third kappa shape index (κ3) is 3.92. The summed E-state index contributed by atoms with van der Waals surface area (Å²) in [5.74, 6) is -0.174. The Kier molecular flexibility index (Phi) is 5.77. The van der Waals surface area contributed by atoms with Crippen LogP contribution in [0.2, 0.25) is 0 Å². The fraction of sp³-hybridized carbons (Fsp3) is 0.375. The fourth-order valence-electron chi connectivity index (χ4n) is 4.69. The van der Waals surface area contributed by atoms with Crippen LogP contribution in [0.4, 0.5) is 0 Å². The smallest absolute Gasteiger partial charge is 0.242 e. The molecule has 160 valence electrons. The highest BCUT2D eigenvalue weighted by atomic mass is 16.3. The van der Waals surface area contributed by atoms with Gasteiger partial charge in [0.2, 0.25) is 11.8 Å². The van der Waals surface area contributed by atoms with Gasteiger partial charge in [0.15, 0.2) is 0 Å². The van der Waals surface area contributed by atoms with E-state index in [0.717, 1.165) is 16.7 Å². The van der Waals surface area contributed by atoms with Crippen molar-refractivity contribution in [2.45, 2.75) is 18.0 Å². The Labute approximate surface area is 182 Å². The van der Waals surface area contributed by atoms with Gasteiger partial charge in [-0.3, -0.25) is 9.59 Å². The number of piperazine rings is 1. The molecule has 7 heteroatoms. The summed E-state index contributed by atoms with van der Waals surface area (Å²) in [6, 6.07) is 17.3.